The van der Waals surface area contributed by atoms with Gasteiger partial charge in [-0.05, 0) is 36.9 Å². The first-order valence-corrected chi connectivity index (χ1v) is 10.2. The summed E-state index contributed by atoms with van der Waals surface area (Å²) in [7, 11) is 2.13. The topological polar surface area (TPSA) is 85.8 Å². The molecule has 3 heterocycles. The van der Waals surface area contributed by atoms with E-state index in [0.717, 1.165) is 60.0 Å². The van der Waals surface area contributed by atoms with Crippen LogP contribution < -0.4 is 20.1 Å². The predicted molar refractivity (Wildman–Crippen MR) is 115 cm³/mol. The molecular formula is C22H25N5O3. The molecule has 1 fully saturated rings. The number of nitrogens with two attached hydrogens (primary N) is 1. The number of hydrogen-bond acceptors (Lipinski definition) is 6. The van der Waals surface area contributed by atoms with Crippen LogP contribution in [0.15, 0.2) is 36.4 Å². The summed E-state index contributed by atoms with van der Waals surface area (Å²) in [5.41, 5.74) is 9.34. The number of primary amides is 1. The number of aromatic nitrogens is 2. The molecule has 1 aromatic heterocycles. The number of piperazine rings is 1. The Kier molecular flexibility index (Phi) is 4.71. The summed E-state index contributed by atoms with van der Waals surface area (Å²) < 4.78 is 12.8. The number of para-hydroxylation sites is 1. The van der Waals surface area contributed by atoms with Gasteiger partial charge in [0.1, 0.15) is 24.6 Å². The van der Waals surface area contributed by atoms with Gasteiger partial charge in [-0.25, -0.2) is 14.3 Å². The molecule has 0 aliphatic carbocycles. The third kappa shape index (κ3) is 3.33. The van der Waals surface area contributed by atoms with Crippen LogP contribution in [0.25, 0.3) is 11.0 Å². The molecule has 8 nitrogen and oxygen atoms in total. The molecule has 30 heavy (non-hydrogen) atoms. The van der Waals surface area contributed by atoms with Crippen molar-refractivity contribution in [1.29, 1.82) is 0 Å². The van der Waals surface area contributed by atoms with Crippen LogP contribution in [0.2, 0.25) is 0 Å². The molecule has 2 aliphatic rings. The maximum absolute atomic E-state index is 12.3. The van der Waals surface area contributed by atoms with Crippen molar-refractivity contribution < 1.29 is 14.3 Å². The largest absolute Gasteiger partial charge is 0.486 e. The third-order valence-corrected chi connectivity index (χ3v) is 5.77. The molecule has 1 saturated heterocycles. The molecule has 0 saturated carbocycles. The van der Waals surface area contributed by atoms with Crippen LogP contribution in [0.5, 0.6) is 11.5 Å². The zero-order valence-corrected chi connectivity index (χ0v) is 17.0. The molecule has 5 rings (SSSR count). The summed E-state index contributed by atoms with van der Waals surface area (Å²) in [5, 5.41) is 0. The van der Waals surface area contributed by atoms with Crippen molar-refractivity contribution in [1.82, 2.24) is 14.5 Å². The lowest BCUT2D eigenvalue weighted by Gasteiger charge is -2.34. The first kappa shape index (κ1) is 18.7. The Morgan fingerprint density at radius 1 is 1.07 bits per heavy atom. The number of imidazole rings is 1. The number of carbonyl (C=O) groups excluding carboxylic acids is 1. The fourth-order valence-corrected chi connectivity index (χ4v) is 4.18. The molecule has 0 atom stereocenters. The molecule has 2 aliphatic heterocycles. The van der Waals surface area contributed by atoms with Gasteiger partial charge in [-0.15, -0.1) is 0 Å². The van der Waals surface area contributed by atoms with Crippen LogP contribution in [0, 0.1) is 0 Å². The maximum atomic E-state index is 12.3. The Bertz CT molecular complexity index is 1100. The van der Waals surface area contributed by atoms with E-state index >= 15 is 0 Å². The van der Waals surface area contributed by atoms with Crippen molar-refractivity contribution in [2.24, 2.45) is 5.73 Å². The summed E-state index contributed by atoms with van der Waals surface area (Å²) in [6.07, 6.45) is 0.469. The van der Waals surface area contributed by atoms with Crippen molar-refractivity contribution in [3.63, 3.8) is 0 Å². The van der Waals surface area contributed by atoms with E-state index in [1.54, 1.807) is 0 Å². The highest BCUT2D eigenvalue weighted by Crippen LogP contribution is 2.33. The number of ether oxygens (including phenoxy) is 2. The minimum absolute atomic E-state index is 0.469. The number of anilines is 1. The van der Waals surface area contributed by atoms with Gasteiger partial charge < -0.3 is 25.0 Å². The Morgan fingerprint density at radius 2 is 1.83 bits per heavy atom. The second-order valence-corrected chi connectivity index (χ2v) is 7.79. The Hall–Kier alpha value is -3.26. The summed E-state index contributed by atoms with van der Waals surface area (Å²) in [6.45, 7) is 4.94. The van der Waals surface area contributed by atoms with E-state index in [2.05, 4.69) is 22.9 Å². The summed E-state index contributed by atoms with van der Waals surface area (Å²) in [4.78, 5) is 21.8. The highest BCUT2D eigenvalue weighted by molar-refractivity contribution is 5.96. The van der Waals surface area contributed by atoms with Crippen molar-refractivity contribution in [2.45, 2.75) is 6.42 Å². The number of hydrogen-bond donors (Lipinski definition) is 1. The van der Waals surface area contributed by atoms with Crippen LogP contribution in [0.3, 0.4) is 0 Å². The van der Waals surface area contributed by atoms with E-state index < -0.39 is 6.03 Å². The fraction of sp³-hybridized carbons (Fsp3) is 0.364. The van der Waals surface area contributed by atoms with E-state index in [4.69, 9.17) is 20.2 Å². The molecule has 1 amide bonds. The zero-order valence-electron chi connectivity index (χ0n) is 17.0. The molecule has 0 unspecified atom stereocenters. The molecule has 0 radical (unpaired) electrons. The second kappa shape index (κ2) is 7.53. The van der Waals surface area contributed by atoms with Crippen molar-refractivity contribution in [3.05, 3.63) is 47.8 Å². The van der Waals surface area contributed by atoms with Gasteiger partial charge in [-0.1, -0.05) is 12.1 Å². The van der Waals surface area contributed by atoms with Gasteiger partial charge in [0.05, 0.1) is 11.2 Å². The lowest BCUT2D eigenvalue weighted by atomic mass is 10.1. The van der Waals surface area contributed by atoms with Crippen LogP contribution in [-0.4, -0.2) is 66.9 Å². The molecule has 3 aromatic rings. The third-order valence-electron chi connectivity index (χ3n) is 5.77. The van der Waals surface area contributed by atoms with Crippen molar-refractivity contribution >= 4 is 22.8 Å². The van der Waals surface area contributed by atoms with Crippen LogP contribution >= 0.6 is 0 Å². The standard InChI is InChI=1S/C22H25N5O3/c1-25-7-9-26(10-8-25)16-3-2-4-17-21(16)24-20(27(17)22(23)28)14-15-5-6-18-19(13-15)30-12-11-29-18/h2-6,13H,7-12,14H2,1H3,(H2,23,28). The van der Waals surface area contributed by atoms with E-state index in [1.807, 2.05) is 30.3 Å². The normalized spacial score (nSPS) is 16.8. The SMILES string of the molecule is CN1CCN(c2cccc3c2nc(Cc2ccc4c(c2)OCCO4)n3C(N)=O)CC1. The number of amides is 1. The first-order valence-electron chi connectivity index (χ1n) is 10.2. The van der Waals surface area contributed by atoms with E-state index in [1.165, 1.54) is 4.57 Å². The predicted octanol–water partition coefficient (Wildman–Crippen LogP) is 2.08. The summed E-state index contributed by atoms with van der Waals surface area (Å²) in [5.74, 6) is 2.08. The molecular weight excluding hydrogens is 382 g/mol. The van der Waals surface area contributed by atoms with Gasteiger partial charge >= 0.3 is 6.03 Å². The maximum Gasteiger partial charge on any atom is 0.324 e. The molecule has 0 spiro atoms. The van der Waals surface area contributed by atoms with Gasteiger partial charge in [0.15, 0.2) is 11.5 Å². The average molecular weight is 407 g/mol. The quantitative estimate of drug-likeness (QED) is 0.716. The van der Waals surface area contributed by atoms with Crippen molar-refractivity contribution in [3.8, 4) is 11.5 Å². The number of likely N-dealkylation sites (N-methyl/N-ethyl adjacent to an activating group) is 1. The van der Waals surface area contributed by atoms with E-state index in [9.17, 15) is 4.79 Å². The number of rotatable bonds is 3. The van der Waals surface area contributed by atoms with Crippen LogP contribution in [0.4, 0.5) is 10.5 Å². The van der Waals surface area contributed by atoms with Crippen molar-refractivity contribution in [2.75, 3.05) is 51.3 Å². The van der Waals surface area contributed by atoms with E-state index in [-0.39, 0.29) is 0 Å². The number of fused-ring (bicyclic) bond motifs is 2. The van der Waals surface area contributed by atoms with Crippen LogP contribution in [0.1, 0.15) is 11.4 Å². The highest BCUT2D eigenvalue weighted by atomic mass is 16.6. The monoisotopic (exact) mass is 407 g/mol. The minimum Gasteiger partial charge on any atom is -0.486 e. The summed E-state index contributed by atoms with van der Waals surface area (Å²) >= 11 is 0. The average Bonchev–Trinajstić information content (AvgIpc) is 3.12. The lowest BCUT2D eigenvalue weighted by Crippen LogP contribution is -2.44. The lowest BCUT2D eigenvalue weighted by molar-refractivity contribution is 0.171. The van der Waals surface area contributed by atoms with E-state index in [0.29, 0.717) is 25.5 Å². The van der Waals surface area contributed by atoms with Gasteiger partial charge in [0, 0.05) is 32.6 Å². The highest BCUT2D eigenvalue weighted by Gasteiger charge is 2.22. The van der Waals surface area contributed by atoms with Gasteiger partial charge in [0.2, 0.25) is 0 Å². The fourth-order valence-electron chi connectivity index (χ4n) is 4.18. The molecule has 8 heteroatoms. The second-order valence-electron chi connectivity index (χ2n) is 7.79. The van der Waals surface area contributed by atoms with Gasteiger partial charge in [0.25, 0.3) is 0 Å². The van der Waals surface area contributed by atoms with Crippen LogP contribution in [-0.2, 0) is 6.42 Å². The first-order chi connectivity index (χ1) is 14.6. The molecule has 156 valence electrons. The van der Waals surface area contributed by atoms with Gasteiger partial charge in [-0.3, -0.25) is 0 Å². The zero-order chi connectivity index (χ0) is 20.7. The smallest absolute Gasteiger partial charge is 0.324 e. The number of nitrogens with zero attached hydrogens (tertiary/aromatic N) is 4. The van der Waals surface area contributed by atoms with Gasteiger partial charge in [-0.2, -0.15) is 0 Å². The number of carbonyl (C=O) groups is 1. The summed E-state index contributed by atoms with van der Waals surface area (Å²) in [6, 6.07) is 11.2. The Morgan fingerprint density at radius 3 is 2.60 bits per heavy atom. The Labute approximate surface area is 174 Å². The number of benzene rings is 2. The molecule has 2 aromatic carbocycles. The minimum atomic E-state index is -0.527. The molecule has 2 N–H and O–H groups in total. The molecule has 0 bridgehead atoms. The Balaban J connectivity index is 1.54.